The van der Waals surface area contributed by atoms with E-state index in [0.717, 1.165) is 118 Å². The minimum atomic E-state index is -0.943. The number of allylic oxidation sites excluding steroid dienone is 1. The first-order valence-electron chi connectivity index (χ1n) is 23.0. The predicted octanol–water partition coefficient (Wildman–Crippen LogP) is 10.9. The van der Waals surface area contributed by atoms with E-state index in [-0.39, 0.29) is 17.8 Å². The molecule has 3 atom stereocenters. The van der Waals surface area contributed by atoms with Gasteiger partial charge in [0.1, 0.15) is 40.3 Å². The average molecular weight is 853 g/mol. The predicted molar refractivity (Wildman–Crippen MR) is 240 cm³/mol. The van der Waals surface area contributed by atoms with Crippen LogP contribution in [-0.2, 0) is 20.7 Å². The van der Waals surface area contributed by atoms with Crippen molar-refractivity contribution in [3.8, 4) is 34.5 Å². The molecule has 0 heterocycles. The van der Waals surface area contributed by atoms with Gasteiger partial charge in [-0.3, -0.25) is 9.59 Å². The number of hydrogen-bond acceptors (Lipinski definition) is 10. The summed E-state index contributed by atoms with van der Waals surface area (Å²) in [6, 6.07) is 21.1. The molecular formula is C52H68O10. The molecule has 0 bridgehead atoms. The van der Waals surface area contributed by atoms with Crippen LogP contribution in [0.5, 0.6) is 34.5 Å². The minimum absolute atomic E-state index is 0.106. The molecule has 3 aromatic rings. The molecule has 3 unspecified atom stereocenters. The molecule has 0 amide bonds. The van der Waals surface area contributed by atoms with Crippen LogP contribution in [0.3, 0.4) is 0 Å². The van der Waals surface area contributed by atoms with E-state index in [1.165, 1.54) is 11.6 Å². The molecule has 62 heavy (non-hydrogen) atoms. The summed E-state index contributed by atoms with van der Waals surface area (Å²) < 4.78 is 41.5. The van der Waals surface area contributed by atoms with E-state index in [1.54, 1.807) is 19.1 Å². The second-order valence-electron chi connectivity index (χ2n) is 17.4. The number of carbonyl (C=O) groups is 2. The molecule has 3 aromatic carbocycles. The van der Waals surface area contributed by atoms with Crippen molar-refractivity contribution in [1.82, 2.24) is 0 Å². The zero-order valence-corrected chi connectivity index (χ0v) is 36.9. The highest BCUT2D eigenvalue weighted by Gasteiger charge is 2.39. The van der Waals surface area contributed by atoms with E-state index in [4.69, 9.17) is 33.2 Å². The van der Waals surface area contributed by atoms with E-state index in [1.807, 2.05) is 42.5 Å². The Kier molecular flexibility index (Phi) is 18.2. The van der Waals surface area contributed by atoms with Crippen LogP contribution < -0.4 is 28.4 Å². The third-order valence-electron chi connectivity index (χ3n) is 12.6. The van der Waals surface area contributed by atoms with Gasteiger partial charge in [0.25, 0.3) is 0 Å². The van der Waals surface area contributed by atoms with Crippen LogP contribution in [0, 0.1) is 35.5 Å². The normalized spacial score (nSPS) is 22.4. The standard InChI is InChI=1S/C52H68O10/c1-5-9-43-32-48(59-34-38-11-15-40(16-12-38)37(4)61-46-23-19-45(20-24-46)57-30-8-31-58-51(54)6-2)27-28-50(43)60-35-39-13-17-41(18-14-39)52(55)62-47-25-21-44(22-26-47)56-29-7-10-42-33-49(42)36(3)53/h6,19-28,32,38-42,49,51,54H,2,4-5,7-18,29-31,33-35H2,1,3H3. The summed E-state index contributed by atoms with van der Waals surface area (Å²) in [5.74, 6) is 7.43. The fourth-order valence-corrected chi connectivity index (χ4v) is 8.65. The van der Waals surface area contributed by atoms with Crippen LogP contribution in [0.2, 0.25) is 0 Å². The van der Waals surface area contributed by atoms with E-state index in [0.29, 0.717) is 74.7 Å². The van der Waals surface area contributed by atoms with Crippen LogP contribution in [-0.4, -0.2) is 56.2 Å². The Morgan fingerprint density at radius 2 is 1.27 bits per heavy atom. The van der Waals surface area contributed by atoms with Gasteiger partial charge in [-0.05, 0) is 180 Å². The number of benzene rings is 3. The summed E-state index contributed by atoms with van der Waals surface area (Å²) in [5, 5.41) is 9.37. The molecule has 0 spiro atoms. The first-order valence-corrected chi connectivity index (χ1v) is 23.0. The van der Waals surface area contributed by atoms with Gasteiger partial charge in [-0.25, -0.2) is 0 Å². The number of aliphatic hydroxyl groups is 1. The Hall–Kier alpha value is -4.80. The summed E-state index contributed by atoms with van der Waals surface area (Å²) in [7, 11) is 0. The van der Waals surface area contributed by atoms with Crippen LogP contribution in [0.15, 0.2) is 91.7 Å². The highest BCUT2D eigenvalue weighted by atomic mass is 16.6. The number of carbonyl (C=O) groups excluding carboxylic acids is 2. The highest BCUT2D eigenvalue weighted by molar-refractivity contribution is 5.81. The van der Waals surface area contributed by atoms with Gasteiger partial charge in [0.05, 0.1) is 44.7 Å². The van der Waals surface area contributed by atoms with Gasteiger partial charge in [-0.1, -0.05) is 26.5 Å². The Labute approximate surface area is 368 Å². The summed E-state index contributed by atoms with van der Waals surface area (Å²) in [6.07, 6.45) is 13.6. The second kappa shape index (κ2) is 24.2. The lowest BCUT2D eigenvalue weighted by atomic mass is 9.81. The average Bonchev–Trinajstić information content (AvgIpc) is 4.08. The van der Waals surface area contributed by atoms with Gasteiger partial charge in [-0.2, -0.15) is 0 Å². The van der Waals surface area contributed by atoms with Gasteiger partial charge in [0, 0.05) is 18.3 Å². The van der Waals surface area contributed by atoms with Crippen LogP contribution in [0.25, 0.3) is 0 Å². The van der Waals surface area contributed by atoms with Crippen molar-refractivity contribution in [2.75, 3.05) is 33.0 Å². The minimum Gasteiger partial charge on any atom is -0.494 e. The highest BCUT2D eigenvalue weighted by Crippen LogP contribution is 2.42. The van der Waals surface area contributed by atoms with E-state index < -0.39 is 6.29 Å². The maximum absolute atomic E-state index is 13.0. The zero-order chi connectivity index (χ0) is 43.7. The maximum atomic E-state index is 13.0. The Morgan fingerprint density at radius 3 is 1.87 bits per heavy atom. The van der Waals surface area contributed by atoms with Gasteiger partial charge >= 0.3 is 5.97 Å². The fraction of sp³-hybridized carbons (Fsp3) is 0.538. The number of ketones is 1. The van der Waals surface area contributed by atoms with Crippen molar-refractivity contribution >= 4 is 11.8 Å². The summed E-state index contributed by atoms with van der Waals surface area (Å²) in [6.45, 7) is 14.4. The molecule has 3 aliphatic rings. The quantitative estimate of drug-likeness (QED) is 0.0209. The molecule has 10 nitrogen and oxygen atoms in total. The number of hydrogen-bond donors (Lipinski definition) is 1. The number of aliphatic hydroxyl groups excluding tert-OH is 1. The number of esters is 1. The SMILES string of the molecule is C=CC(O)OCCCOc1ccc(OC(=C)C2CCC(COc3ccc(OCC4CCC(C(=O)Oc5ccc(OCCCC6CC6C(C)=O)cc5)CC4)c(CCC)c3)CC2)cc1. The summed E-state index contributed by atoms with van der Waals surface area (Å²) in [5.41, 5.74) is 1.17. The third-order valence-corrected chi connectivity index (χ3v) is 12.6. The van der Waals surface area contributed by atoms with Gasteiger partial charge in [0.2, 0.25) is 0 Å². The smallest absolute Gasteiger partial charge is 0.314 e. The molecule has 3 aliphatic carbocycles. The van der Waals surface area contributed by atoms with Gasteiger partial charge in [0.15, 0.2) is 6.29 Å². The Bertz CT molecular complexity index is 1860. The molecule has 3 saturated carbocycles. The number of Topliss-reactive ketones (excluding diaryl/α,β-unsaturated/α-hetero) is 1. The molecule has 336 valence electrons. The molecule has 6 rings (SSSR count). The lowest BCUT2D eigenvalue weighted by Crippen LogP contribution is -2.27. The van der Waals surface area contributed by atoms with Crippen molar-refractivity contribution < 1.29 is 47.9 Å². The van der Waals surface area contributed by atoms with E-state index in [2.05, 4.69) is 32.2 Å². The molecular weight excluding hydrogens is 785 g/mol. The zero-order valence-electron chi connectivity index (χ0n) is 36.9. The van der Waals surface area contributed by atoms with Crippen molar-refractivity contribution in [2.24, 2.45) is 35.5 Å². The van der Waals surface area contributed by atoms with Crippen LogP contribution in [0.4, 0.5) is 0 Å². The molecule has 1 N–H and O–H groups in total. The monoisotopic (exact) mass is 852 g/mol. The van der Waals surface area contributed by atoms with Crippen molar-refractivity contribution in [3.05, 3.63) is 97.3 Å². The summed E-state index contributed by atoms with van der Waals surface area (Å²) in [4.78, 5) is 24.5. The molecule has 0 aromatic heterocycles. The molecule has 3 fully saturated rings. The fourth-order valence-electron chi connectivity index (χ4n) is 8.65. The van der Waals surface area contributed by atoms with Crippen molar-refractivity contribution in [2.45, 2.75) is 110 Å². The van der Waals surface area contributed by atoms with Gasteiger partial charge < -0.3 is 38.3 Å². The van der Waals surface area contributed by atoms with Crippen LogP contribution >= 0.6 is 0 Å². The third kappa shape index (κ3) is 14.9. The molecule has 0 radical (unpaired) electrons. The Balaban J connectivity index is 0.841. The van der Waals surface area contributed by atoms with E-state index in [9.17, 15) is 14.7 Å². The topological polar surface area (TPSA) is 119 Å². The first kappa shape index (κ1) is 46.7. The molecule has 0 saturated heterocycles. The number of aryl methyl sites for hydroxylation is 1. The first-order chi connectivity index (χ1) is 30.2. The largest absolute Gasteiger partial charge is 0.494 e. The van der Waals surface area contributed by atoms with Crippen LogP contribution in [0.1, 0.15) is 103 Å². The lowest BCUT2D eigenvalue weighted by molar-refractivity contribution is -0.140. The van der Waals surface area contributed by atoms with Gasteiger partial charge in [-0.15, -0.1) is 0 Å². The maximum Gasteiger partial charge on any atom is 0.314 e. The number of ether oxygens (including phenoxy) is 7. The lowest BCUT2D eigenvalue weighted by Gasteiger charge is -2.29. The van der Waals surface area contributed by atoms with Crippen molar-refractivity contribution in [1.29, 1.82) is 0 Å². The van der Waals surface area contributed by atoms with Crippen molar-refractivity contribution in [3.63, 3.8) is 0 Å². The summed E-state index contributed by atoms with van der Waals surface area (Å²) >= 11 is 0. The second-order valence-corrected chi connectivity index (χ2v) is 17.4. The Morgan fingerprint density at radius 1 is 0.710 bits per heavy atom. The van der Waals surface area contributed by atoms with E-state index >= 15 is 0 Å². The number of rotatable bonds is 26. The molecule has 10 heteroatoms. The molecule has 0 aliphatic heterocycles.